The van der Waals surface area contributed by atoms with E-state index in [0.29, 0.717) is 30.1 Å². The second kappa shape index (κ2) is 11.1. The minimum absolute atomic E-state index is 0.178. The van der Waals surface area contributed by atoms with Gasteiger partial charge in [0.2, 0.25) is 5.91 Å². The standard InChI is InChI=1S/C27H43NO3/c29-23(17-20-8-2-3-9-20)12-13-24-25-18-21(16-22(25)19-26(24)30)10-4-5-11-27(31)28-14-6-1-7-15-28/h12-13,16,20,22-26,29-30H,1-11,14-15,17-19H2/b13-12+/t22-,23+,24+,25-,26+/m0/s1. The average molecular weight is 430 g/mol. The maximum Gasteiger partial charge on any atom is 0.222 e. The molecular weight excluding hydrogens is 386 g/mol. The summed E-state index contributed by atoms with van der Waals surface area (Å²) in [6.45, 7) is 1.92. The molecule has 1 amide bonds. The third-order valence-electron chi connectivity index (χ3n) is 8.40. The van der Waals surface area contributed by atoms with Gasteiger partial charge in [-0.15, -0.1) is 0 Å². The Morgan fingerprint density at radius 2 is 1.90 bits per heavy atom. The molecule has 4 aliphatic rings. The van der Waals surface area contributed by atoms with E-state index >= 15 is 0 Å². The number of allylic oxidation sites excluding steroid dienone is 2. The number of fused-ring (bicyclic) bond motifs is 1. The van der Waals surface area contributed by atoms with Crippen LogP contribution in [0.25, 0.3) is 0 Å². The van der Waals surface area contributed by atoms with Crippen LogP contribution in [-0.2, 0) is 4.79 Å². The molecule has 174 valence electrons. The maximum absolute atomic E-state index is 12.3. The summed E-state index contributed by atoms with van der Waals surface area (Å²) in [6.07, 6.45) is 21.3. The minimum Gasteiger partial charge on any atom is -0.392 e. The van der Waals surface area contributed by atoms with Crippen molar-refractivity contribution < 1.29 is 15.0 Å². The number of unbranched alkanes of at least 4 members (excludes halogenated alkanes) is 1. The lowest BCUT2D eigenvalue weighted by Crippen LogP contribution is -2.35. The van der Waals surface area contributed by atoms with Gasteiger partial charge in [-0.2, -0.15) is 0 Å². The fraction of sp³-hybridized carbons (Fsp3) is 0.815. The molecule has 2 N–H and O–H groups in total. The highest BCUT2D eigenvalue weighted by molar-refractivity contribution is 5.76. The van der Waals surface area contributed by atoms with Crippen molar-refractivity contribution in [2.45, 2.75) is 102 Å². The van der Waals surface area contributed by atoms with Crippen LogP contribution in [-0.4, -0.2) is 46.3 Å². The van der Waals surface area contributed by atoms with E-state index in [9.17, 15) is 15.0 Å². The van der Waals surface area contributed by atoms with Crippen LogP contribution in [0.4, 0.5) is 0 Å². The SMILES string of the molecule is O=C(CCCCC1=C[C@H]2C[C@@H](O)[C@H](/C=C/[C@@H](O)CC3CCCC3)[C@H]2C1)N1CCCCC1. The quantitative estimate of drug-likeness (QED) is 0.400. The monoisotopic (exact) mass is 429 g/mol. The molecule has 3 aliphatic carbocycles. The van der Waals surface area contributed by atoms with E-state index in [1.165, 1.54) is 50.5 Å². The van der Waals surface area contributed by atoms with Crippen LogP contribution in [0, 0.1) is 23.7 Å². The highest BCUT2D eigenvalue weighted by Crippen LogP contribution is 2.48. The number of aliphatic hydroxyl groups is 2. The predicted molar refractivity (Wildman–Crippen MR) is 124 cm³/mol. The lowest BCUT2D eigenvalue weighted by Gasteiger charge is -2.26. The van der Waals surface area contributed by atoms with Crippen LogP contribution in [0.1, 0.15) is 89.9 Å². The van der Waals surface area contributed by atoms with Crippen molar-refractivity contribution in [2.24, 2.45) is 23.7 Å². The van der Waals surface area contributed by atoms with Crippen molar-refractivity contribution in [3.63, 3.8) is 0 Å². The third kappa shape index (κ3) is 6.22. The normalized spacial score (nSPS) is 32.6. The van der Waals surface area contributed by atoms with Crippen LogP contribution in [0.5, 0.6) is 0 Å². The molecule has 4 nitrogen and oxygen atoms in total. The van der Waals surface area contributed by atoms with E-state index in [4.69, 9.17) is 0 Å². The zero-order chi connectivity index (χ0) is 21.6. The van der Waals surface area contributed by atoms with Crippen LogP contribution < -0.4 is 0 Å². The Bertz CT molecular complexity index is 645. The molecule has 1 aliphatic heterocycles. The number of amides is 1. The van der Waals surface area contributed by atoms with E-state index in [2.05, 4.69) is 17.1 Å². The molecule has 0 aromatic carbocycles. The Labute approximate surface area is 188 Å². The van der Waals surface area contributed by atoms with Gasteiger partial charge < -0.3 is 15.1 Å². The van der Waals surface area contributed by atoms with E-state index in [1.807, 2.05) is 6.08 Å². The number of likely N-dealkylation sites (tertiary alicyclic amines) is 1. The minimum atomic E-state index is -0.361. The first kappa shape index (κ1) is 23.0. The number of hydrogen-bond donors (Lipinski definition) is 2. The number of hydrogen-bond acceptors (Lipinski definition) is 3. The summed E-state index contributed by atoms with van der Waals surface area (Å²) in [4.78, 5) is 14.4. The maximum atomic E-state index is 12.3. The van der Waals surface area contributed by atoms with Gasteiger partial charge in [0.25, 0.3) is 0 Å². The van der Waals surface area contributed by atoms with Gasteiger partial charge in [0, 0.05) is 25.4 Å². The zero-order valence-corrected chi connectivity index (χ0v) is 19.3. The molecular formula is C27H43NO3. The summed E-state index contributed by atoms with van der Waals surface area (Å²) >= 11 is 0. The molecule has 0 radical (unpaired) electrons. The number of carbonyl (C=O) groups is 1. The first-order valence-corrected chi connectivity index (χ1v) is 13.1. The van der Waals surface area contributed by atoms with Gasteiger partial charge in [0.05, 0.1) is 12.2 Å². The van der Waals surface area contributed by atoms with Gasteiger partial charge in [0.15, 0.2) is 0 Å². The number of piperidine rings is 1. The second-order valence-corrected chi connectivity index (χ2v) is 10.7. The molecule has 0 spiro atoms. The second-order valence-electron chi connectivity index (χ2n) is 10.7. The Morgan fingerprint density at radius 3 is 2.68 bits per heavy atom. The van der Waals surface area contributed by atoms with Crippen LogP contribution in [0.3, 0.4) is 0 Å². The van der Waals surface area contributed by atoms with E-state index < -0.39 is 0 Å². The Balaban J connectivity index is 1.18. The highest BCUT2D eigenvalue weighted by Gasteiger charge is 2.43. The Hall–Kier alpha value is -1.13. The molecule has 31 heavy (non-hydrogen) atoms. The fourth-order valence-electron chi connectivity index (χ4n) is 6.64. The van der Waals surface area contributed by atoms with Crippen molar-refractivity contribution in [2.75, 3.05) is 13.1 Å². The van der Waals surface area contributed by atoms with Gasteiger partial charge in [-0.1, -0.05) is 49.5 Å². The fourth-order valence-corrected chi connectivity index (χ4v) is 6.64. The summed E-state index contributed by atoms with van der Waals surface area (Å²) < 4.78 is 0. The first-order valence-electron chi connectivity index (χ1n) is 13.1. The lowest BCUT2D eigenvalue weighted by atomic mass is 9.88. The van der Waals surface area contributed by atoms with Gasteiger partial charge in [-0.05, 0) is 75.5 Å². The van der Waals surface area contributed by atoms with Crippen molar-refractivity contribution in [1.29, 1.82) is 0 Å². The summed E-state index contributed by atoms with van der Waals surface area (Å²) in [6, 6.07) is 0. The highest BCUT2D eigenvalue weighted by atomic mass is 16.3. The Kier molecular flexibility index (Phi) is 8.28. The van der Waals surface area contributed by atoms with Gasteiger partial charge in [-0.25, -0.2) is 0 Å². The summed E-state index contributed by atoms with van der Waals surface area (Å²) in [5.41, 5.74) is 1.53. The molecule has 0 bridgehead atoms. The number of nitrogens with zero attached hydrogens (tertiary/aromatic N) is 1. The number of carbonyl (C=O) groups excluding carboxylic acids is 1. The van der Waals surface area contributed by atoms with Crippen molar-refractivity contribution in [1.82, 2.24) is 4.90 Å². The molecule has 1 heterocycles. The van der Waals surface area contributed by atoms with E-state index in [1.54, 1.807) is 0 Å². The smallest absolute Gasteiger partial charge is 0.222 e. The predicted octanol–water partition coefficient (Wildman–Crippen LogP) is 5.00. The summed E-state index contributed by atoms with van der Waals surface area (Å²) in [5, 5.41) is 21.0. The molecule has 0 unspecified atom stereocenters. The van der Waals surface area contributed by atoms with E-state index in [-0.39, 0.29) is 18.1 Å². The molecule has 1 saturated heterocycles. The topological polar surface area (TPSA) is 60.8 Å². The van der Waals surface area contributed by atoms with Crippen LogP contribution >= 0.6 is 0 Å². The Morgan fingerprint density at radius 1 is 1.13 bits per heavy atom. The molecule has 2 saturated carbocycles. The molecule has 3 fully saturated rings. The largest absolute Gasteiger partial charge is 0.392 e. The molecule has 0 aromatic rings. The average Bonchev–Trinajstić information content (AvgIpc) is 3.47. The van der Waals surface area contributed by atoms with E-state index in [0.717, 1.165) is 51.6 Å². The molecule has 4 heteroatoms. The molecule has 4 rings (SSSR count). The zero-order valence-electron chi connectivity index (χ0n) is 19.3. The summed E-state index contributed by atoms with van der Waals surface area (Å²) in [5.74, 6) is 2.19. The van der Waals surface area contributed by atoms with Crippen molar-refractivity contribution in [3.05, 3.63) is 23.8 Å². The lowest BCUT2D eigenvalue weighted by molar-refractivity contribution is -0.132. The summed E-state index contributed by atoms with van der Waals surface area (Å²) in [7, 11) is 0. The van der Waals surface area contributed by atoms with Gasteiger partial charge >= 0.3 is 0 Å². The van der Waals surface area contributed by atoms with Crippen molar-refractivity contribution in [3.8, 4) is 0 Å². The number of aliphatic hydroxyl groups excluding tert-OH is 2. The third-order valence-corrected chi connectivity index (χ3v) is 8.40. The van der Waals surface area contributed by atoms with Crippen LogP contribution in [0.2, 0.25) is 0 Å². The van der Waals surface area contributed by atoms with Gasteiger partial charge in [-0.3, -0.25) is 4.79 Å². The van der Waals surface area contributed by atoms with Crippen molar-refractivity contribution >= 4 is 5.91 Å². The van der Waals surface area contributed by atoms with Gasteiger partial charge in [0.1, 0.15) is 0 Å². The molecule has 0 aromatic heterocycles. The van der Waals surface area contributed by atoms with Crippen LogP contribution in [0.15, 0.2) is 23.8 Å². The molecule has 5 atom stereocenters. The number of rotatable bonds is 9. The first-order chi connectivity index (χ1) is 15.1.